The molecule has 0 radical (unpaired) electrons. The highest BCUT2D eigenvalue weighted by Gasteiger charge is 2.35. The smallest absolute Gasteiger partial charge is 0.198 e. The van der Waals surface area contributed by atoms with Crippen molar-refractivity contribution >= 4 is 9.84 Å². The summed E-state index contributed by atoms with van der Waals surface area (Å²) in [6.45, 7) is 1.85. The van der Waals surface area contributed by atoms with Crippen molar-refractivity contribution in [1.82, 2.24) is 10.3 Å². The van der Waals surface area contributed by atoms with E-state index in [4.69, 9.17) is 4.42 Å². The van der Waals surface area contributed by atoms with Crippen LogP contribution in [0.5, 0.6) is 0 Å². The third-order valence-electron chi connectivity index (χ3n) is 3.61. The Morgan fingerprint density at radius 3 is 2.94 bits per heavy atom. The molecule has 0 aliphatic carbocycles. The van der Waals surface area contributed by atoms with Crippen LogP contribution in [0.1, 0.15) is 42.0 Å². The fraction of sp³-hybridized carbons (Fsp3) is 0.727. The molecule has 0 bridgehead atoms. The molecule has 0 spiro atoms. The van der Waals surface area contributed by atoms with Crippen LogP contribution in [0.15, 0.2) is 10.7 Å². The van der Waals surface area contributed by atoms with Crippen molar-refractivity contribution in [3.8, 4) is 0 Å². The summed E-state index contributed by atoms with van der Waals surface area (Å²) in [7, 11) is -2.99. The summed E-state index contributed by atoms with van der Waals surface area (Å²) in [6.07, 6.45) is 3.95. The second kappa shape index (κ2) is 4.10. The zero-order valence-electron chi connectivity index (χ0n) is 9.55. The lowest BCUT2D eigenvalue weighted by Crippen LogP contribution is -2.10. The zero-order valence-corrected chi connectivity index (χ0v) is 10.4. The van der Waals surface area contributed by atoms with Crippen molar-refractivity contribution < 1.29 is 12.8 Å². The summed E-state index contributed by atoms with van der Waals surface area (Å²) in [6, 6.07) is 0. The number of nitrogens with one attached hydrogen (secondary N) is 1. The molecule has 0 saturated carbocycles. The number of hydrogen-bond donors (Lipinski definition) is 1. The van der Waals surface area contributed by atoms with Crippen LogP contribution >= 0.6 is 0 Å². The molecule has 1 aromatic heterocycles. The maximum atomic E-state index is 11.8. The minimum atomic E-state index is -2.99. The fourth-order valence-electron chi connectivity index (χ4n) is 2.63. The molecule has 2 saturated heterocycles. The summed E-state index contributed by atoms with van der Waals surface area (Å²) in [5, 5.41) is 2.81. The van der Waals surface area contributed by atoms with E-state index < -0.39 is 15.1 Å². The lowest BCUT2D eigenvalue weighted by atomic mass is 10.1. The van der Waals surface area contributed by atoms with Gasteiger partial charge in [-0.25, -0.2) is 13.4 Å². The molecule has 2 aliphatic rings. The highest BCUT2D eigenvalue weighted by atomic mass is 32.2. The predicted octanol–water partition coefficient (Wildman–Crippen LogP) is 1.00. The Hall–Kier alpha value is -0.880. The van der Waals surface area contributed by atoms with E-state index in [9.17, 15) is 8.42 Å². The summed E-state index contributed by atoms with van der Waals surface area (Å²) in [5.74, 6) is 1.27. The molecule has 2 unspecified atom stereocenters. The van der Waals surface area contributed by atoms with E-state index >= 15 is 0 Å². The second-order valence-electron chi connectivity index (χ2n) is 4.80. The second-order valence-corrected chi connectivity index (χ2v) is 7.10. The molecule has 94 valence electrons. The van der Waals surface area contributed by atoms with Gasteiger partial charge in [-0.15, -0.1) is 0 Å². The average molecular weight is 256 g/mol. The number of aromatic nitrogens is 1. The molecule has 2 atom stereocenters. The minimum Gasteiger partial charge on any atom is -0.448 e. The van der Waals surface area contributed by atoms with E-state index in [2.05, 4.69) is 10.3 Å². The third-order valence-corrected chi connectivity index (χ3v) is 5.81. The molecule has 0 amide bonds. The molecular weight excluding hydrogens is 240 g/mol. The lowest BCUT2D eigenvalue weighted by molar-refractivity contribution is 0.457. The molecule has 2 aliphatic heterocycles. The summed E-state index contributed by atoms with van der Waals surface area (Å²) < 4.78 is 29.0. The van der Waals surface area contributed by atoms with Crippen LogP contribution in [0.3, 0.4) is 0 Å². The fourth-order valence-corrected chi connectivity index (χ4v) is 4.48. The molecule has 3 heterocycles. The van der Waals surface area contributed by atoms with E-state index in [1.165, 1.54) is 6.26 Å². The number of oxazole rings is 1. The first kappa shape index (κ1) is 11.2. The minimum absolute atomic E-state index is 0.283. The summed E-state index contributed by atoms with van der Waals surface area (Å²) in [4.78, 5) is 4.38. The predicted molar refractivity (Wildman–Crippen MR) is 62.5 cm³/mol. The van der Waals surface area contributed by atoms with Crippen LogP contribution in [0.2, 0.25) is 0 Å². The maximum absolute atomic E-state index is 11.8. The molecule has 2 fully saturated rings. The van der Waals surface area contributed by atoms with Gasteiger partial charge in [-0.3, -0.25) is 0 Å². The van der Waals surface area contributed by atoms with E-state index in [-0.39, 0.29) is 5.75 Å². The molecule has 6 heteroatoms. The Kier molecular flexibility index (Phi) is 2.71. The van der Waals surface area contributed by atoms with Crippen LogP contribution < -0.4 is 5.32 Å². The summed E-state index contributed by atoms with van der Waals surface area (Å²) in [5.41, 5.74) is 0.601. The van der Waals surface area contributed by atoms with Gasteiger partial charge in [0.2, 0.25) is 0 Å². The van der Waals surface area contributed by atoms with Crippen molar-refractivity contribution in [2.24, 2.45) is 0 Å². The van der Waals surface area contributed by atoms with Gasteiger partial charge in [0.25, 0.3) is 0 Å². The van der Waals surface area contributed by atoms with Gasteiger partial charge >= 0.3 is 0 Å². The van der Waals surface area contributed by atoms with Crippen LogP contribution in [0.25, 0.3) is 0 Å². The van der Waals surface area contributed by atoms with Crippen molar-refractivity contribution in [3.63, 3.8) is 0 Å². The molecule has 5 nitrogen and oxygen atoms in total. The Labute approximate surface area is 101 Å². The maximum Gasteiger partial charge on any atom is 0.198 e. The van der Waals surface area contributed by atoms with Crippen molar-refractivity contribution in [2.75, 3.05) is 18.8 Å². The zero-order chi connectivity index (χ0) is 11.9. The Bertz CT molecular complexity index is 503. The first-order valence-electron chi connectivity index (χ1n) is 6.04. The van der Waals surface area contributed by atoms with Crippen LogP contribution in [0.4, 0.5) is 0 Å². The number of nitrogens with zero attached hydrogens (tertiary/aromatic N) is 1. The molecular formula is C11H16N2O3S. The van der Waals surface area contributed by atoms with Gasteiger partial charge in [-0.2, -0.15) is 0 Å². The topological polar surface area (TPSA) is 72.2 Å². The number of hydrogen-bond acceptors (Lipinski definition) is 5. The largest absolute Gasteiger partial charge is 0.448 e. The first-order chi connectivity index (χ1) is 8.17. The van der Waals surface area contributed by atoms with Gasteiger partial charge < -0.3 is 9.73 Å². The van der Waals surface area contributed by atoms with Gasteiger partial charge in [-0.05, 0) is 25.8 Å². The van der Waals surface area contributed by atoms with Crippen LogP contribution in [-0.2, 0) is 9.84 Å². The number of rotatable bonds is 2. The van der Waals surface area contributed by atoms with Gasteiger partial charge in [0, 0.05) is 12.5 Å². The van der Waals surface area contributed by atoms with Crippen LogP contribution in [-0.4, -0.2) is 32.2 Å². The average Bonchev–Trinajstić information content (AvgIpc) is 2.94. The lowest BCUT2D eigenvalue weighted by Gasteiger charge is -2.04. The van der Waals surface area contributed by atoms with Gasteiger partial charge in [0.1, 0.15) is 11.5 Å². The molecule has 17 heavy (non-hydrogen) atoms. The normalized spacial score (nSPS) is 32.0. The third kappa shape index (κ3) is 1.99. The van der Waals surface area contributed by atoms with Gasteiger partial charge in [-0.1, -0.05) is 0 Å². The first-order valence-corrected chi connectivity index (χ1v) is 7.76. The van der Waals surface area contributed by atoms with E-state index in [1.54, 1.807) is 0 Å². The molecule has 1 N–H and O–H groups in total. The van der Waals surface area contributed by atoms with Gasteiger partial charge in [0.15, 0.2) is 15.7 Å². The van der Waals surface area contributed by atoms with Crippen molar-refractivity contribution in [2.45, 2.75) is 30.4 Å². The van der Waals surface area contributed by atoms with Gasteiger partial charge in [0.05, 0.1) is 11.4 Å². The van der Waals surface area contributed by atoms with E-state index in [0.717, 1.165) is 25.9 Å². The van der Waals surface area contributed by atoms with Crippen LogP contribution in [0, 0.1) is 0 Å². The van der Waals surface area contributed by atoms with E-state index in [0.29, 0.717) is 23.9 Å². The van der Waals surface area contributed by atoms with Crippen molar-refractivity contribution in [1.29, 1.82) is 0 Å². The summed E-state index contributed by atoms with van der Waals surface area (Å²) >= 11 is 0. The Morgan fingerprint density at radius 1 is 1.41 bits per heavy atom. The quantitative estimate of drug-likeness (QED) is 0.854. The Morgan fingerprint density at radius 2 is 2.29 bits per heavy atom. The molecule has 0 aromatic carbocycles. The number of sulfone groups is 1. The highest BCUT2D eigenvalue weighted by molar-refractivity contribution is 7.91. The molecule has 3 rings (SSSR count). The molecule has 1 aromatic rings. The van der Waals surface area contributed by atoms with Crippen molar-refractivity contribution in [3.05, 3.63) is 17.8 Å². The standard InChI is InChI=1S/C11H16N2O3S/c14-17(15)5-1-2-10(17)9-7-16-11(13-9)8-3-4-12-6-8/h7-8,10,12H,1-6H2. The SMILES string of the molecule is O=S1(=O)CCCC1c1coc(C2CCNC2)n1. The monoisotopic (exact) mass is 256 g/mol. The van der Waals surface area contributed by atoms with E-state index in [1.807, 2.05) is 0 Å². The highest BCUT2D eigenvalue weighted by Crippen LogP contribution is 2.35. The Balaban J connectivity index is 1.85.